The van der Waals surface area contributed by atoms with Gasteiger partial charge in [-0.15, -0.1) is 0 Å². The molecule has 144 valence electrons. The Hall–Kier alpha value is -2.04. The number of aliphatic carboxylic acids is 1. The molecular formula is C21H31NO4. The third-order valence-corrected chi connectivity index (χ3v) is 5.48. The second-order valence-electron chi connectivity index (χ2n) is 8.39. The summed E-state index contributed by atoms with van der Waals surface area (Å²) in [6.07, 6.45) is 3.43. The van der Waals surface area contributed by atoms with Crippen LogP contribution in [0, 0.1) is 17.3 Å². The van der Waals surface area contributed by atoms with Gasteiger partial charge in [0.25, 0.3) is 0 Å². The highest BCUT2D eigenvalue weighted by atomic mass is 16.5. The Kier molecular flexibility index (Phi) is 7.06. The number of carboxylic acid groups (broad SMARTS) is 1. The molecule has 0 aliphatic heterocycles. The summed E-state index contributed by atoms with van der Waals surface area (Å²) in [7, 11) is 0. The predicted molar refractivity (Wildman–Crippen MR) is 101 cm³/mol. The number of carboxylic acids is 1. The number of alkyl carbamates (subject to hydrolysis) is 1. The second-order valence-corrected chi connectivity index (χ2v) is 8.39. The molecule has 0 radical (unpaired) electrons. The monoisotopic (exact) mass is 361 g/mol. The Balaban J connectivity index is 1.88. The maximum atomic E-state index is 12.1. The van der Waals surface area contributed by atoms with Gasteiger partial charge >= 0.3 is 12.1 Å². The Labute approximate surface area is 156 Å². The van der Waals surface area contributed by atoms with Crippen molar-refractivity contribution in [1.82, 2.24) is 5.32 Å². The highest BCUT2D eigenvalue weighted by molar-refractivity contribution is 5.71. The van der Waals surface area contributed by atoms with Gasteiger partial charge in [0.15, 0.2) is 0 Å². The fourth-order valence-corrected chi connectivity index (χ4v) is 3.83. The highest BCUT2D eigenvalue weighted by Crippen LogP contribution is 2.41. The van der Waals surface area contributed by atoms with Crippen molar-refractivity contribution in [3.05, 3.63) is 35.9 Å². The van der Waals surface area contributed by atoms with Crippen molar-refractivity contribution < 1.29 is 19.4 Å². The third kappa shape index (κ3) is 6.36. The minimum atomic E-state index is -0.892. The maximum Gasteiger partial charge on any atom is 0.407 e. The predicted octanol–water partition coefficient (Wildman–Crippen LogP) is 4.61. The van der Waals surface area contributed by atoms with Gasteiger partial charge in [-0.05, 0) is 48.5 Å². The summed E-state index contributed by atoms with van der Waals surface area (Å²) in [5.41, 5.74) is 1.18. The Morgan fingerprint density at radius 1 is 1.15 bits per heavy atom. The highest BCUT2D eigenvalue weighted by Gasteiger charge is 2.34. The van der Waals surface area contributed by atoms with Crippen LogP contribution in [0.2, 0.25) is 0 Å². The zero-order valence-electron chi connectivity index (χ0n) is 16.0. The van der Waals surface area contributed by atoms with E-state index in [-0.39, 0.29) is 30.4 Å². The van der Waals surface area contributed by atoms with Gasteiger partial charge < -0.3 is 15.2 Å². The minimum Gasteiger partial charge on any atom is -0.481 e. The lowest BCUT2D eigenvalue weighted by molar-refractivity contribution is -0.138. The van der Waals surface area contributed by atoms with Crippen molar-refractivity contribution in [3.63, 3.8) is 0 Å². The van der Waals surface area contributed by atoms with Crippen LogP contribution < -0.4 is 5.32 Å². The van der Waals surface area contributed by atoms with Crippen LogP contribution in [0.3, 0.4) is 0 Å². The smallest absolute Gasteiger partial charge is 0.407 e. The van der Waals surface area contributed by atoms with E-state index in [1.165, 1.54) is 0 Å². The van der Waals surface area contributed by atoms with Crippen LogP contribution in [0.4, 0.5) is 4.79 Å². The average molecular weight is 361 g/mol. The molecule has 5 heteroatoms. The van der Waals surface area contributed by atoms with Crippen LogP contribution in [0.15, 0.2) is 30.3 Å². The Morgan fingerprint density at radius 3 is 2.31 bits per heavy atom. The number of rotatable bonds is 6. The van der Waals surface area contributed by atoms with E-state index in [9.17, 15) is 14.7 Å². The zero-order valence-corrected chi connectivity index (χ0v) is 16.0. The number of carbonyl (C=O) groups is 2. The zero-order chi connectivity index (χ0) is 19.2. The lowest BCUT2D eigenvalue weighted by Gasteiger charge is -2.39. The Bertz CT molecular complexity index is 586. The van der Waals surface area contributed by atoms with Crippen LogP contribution >= 0.6 is 0 Å². The number of nitrogens with one attached hydrogen (secondary N) is 1. The first kappa shape index (κ1) is 20.3. The molecule has 1 aromatic carbocycles. The normalized spacial score (nSPS) is 21.7. The van der Waals surface area contributed by atoms with E-state index in [0.29, 0.717) is 5.92 Å². The van der Waals surface area contributed by atoms with E-state index in [2.05, 4.69) is 26.1 Å². The summed E-state index contributed by atoms with van der Waals surface area (Å²) in [6.45, 7) is 6.95. The van der Waals surface area contributed by atoms with Gasteiger partial charge in [-0.25, -0.2) is 4.79 Å². The molecule has 2 rings (SSSR count). The number of hydrogen-bond donors (Lipinski definition) is 2. The molecule has 0 aromatic heterocycles. The molecule has 0 spiro atoms. The molecule has 5 nitrogen and oxygen atoms in total. The molecule has 26 heavy (non-hydrogen) atoms. The van der Waals surface area contributed by atoms with Crippen molar-refractivity contribution in [1.29, 1.82) is 0 Å². The maximum absolute atomic E-state index is 12.1. The number of hydrogen-bond acceptors (Lipinski definition) is 3. The van der Waals surface area contributed by atoms with E-state index in [0.717, 1.165) is 31.2 Å². The molecule has 2 N–H and O–H groups in total. The molecule has 1 aliphatic carbocycles. The standard InChI is InChI=1S/C21H31NO4/c1-21(2,3)17-11-9-16(10-12-17)18(13-19(23)24)22-20(25)26-14-15-7-5-4-6-8-15/h4-8,16-18H,9-14H2,1-3H3,(H,22,25)(H,23,24)/t16?,17?,18-/m0/s1. The van der Waals surface area contributed by atoms with E-state index in [1.54, 1.807) is 0 Å². The summed E-state index contributed by atoms with van der Waals surface area (Å²) < 4.78 is 5.26. The van der Waals surface area contributed by atoms with Crippen molar-refractivity contribution in [3.8, 4) is 0 Å². The number of ether oxygens (including phenoxy) is 1. The number of amides is 1. The molecule has 0 heterocycles. The molecule has 1 saturated carbocycles. The topological polar surface area (TPSA) is 75.6 Å². The average Bonchev–Trinajstić information content (AvgIpc) is 2.59. The molecule has 1 aliphatic rings. The fourth-order valence-electron chi connectivity index (χ4n) is 3.83. The van der Waals surface area contributed by atoms with Crippen LogP contribution in [-0.4, -0.2) is 23.2 Å². The van der Waals surface area contributed by atoms with E-state index in [4.69, 9.17) is 4.74 Å². The quantitative estimate of drug-likeness (QED) is 0.776. The SMILES string of the molecule is CC(C)(C)C1CCC([C@H](CC(=O)O)NC(=O)OCc2ccccc2)CC1. The van der Waals surface area contributed by atoms with Gasteiger partial charge in [0.05, 0.1) is 6.42 Å². The fraction of sp³-hybridized carbons (Fsp3) is 0.619. The summed E-state index contributed by atoms with van der Waals surface area (Å²) in [4.78, 5) is 23.4. The van der Waals surface area contributed by atoms with Crippen LogP contribution in [0.1, 0.15) is 58.4 Å². The summed E-state index contributed by atoms with van der Waals surface area (Å²) in [5, 5.41) is 12.0. The van der Waals surface area contributed by atoms with E-state index >= 15 is 0 Å². The van der Waals surface area contributed by atoms with Crippen molar-refractivity contribution in [2.45, 2.75) is 65.5 Å². The number of carbonyl (C=O) groups excluding carboxylic acids is 1. The van der Waals surface area contributed by atoms with Crippen LogP contribution in [-0.2, 0) is 16.1 Å². The first-order valence-electron chi connectivity index (χ1n) is 9.44. The van der Waals surface area contributed by atoms with Crippen LogP contribution in [0.5, 0.6) is 0 Å². The van der Waals surface area contributed by atoms with Gasteiger partial charge in [0.2, 0.25) is 0 Å². The molecule has 0 bridgehead atoms. The Morgan fingerprint density at radius 2 is 1.77 bits per heavy atom. The molecular weight excluding hydrogens is 330 g/mol. The third-order valence-electron chi connectivity index (χ3n) is 5.48. The van der Waals surface area contributed by atoms with E-state index in [1.807, 2.05) is 30.3 Å². The molecule has 0 saturated heterocycles. The summed E-state index contributed by atoms with van der Waals surface area (Å²) in [5.74, 6) is -0.0560. The minimum absolute atomic E-state index is 0.0642. The molecule has 1 aromatic rings. The number of benzene rings is 1. The van der Waals surface area contributed by atoms with Crippen LogP contribution in [0.25, 0.3) is 0 Å². The van der Waals surface area contributed by atoms with Gasteiger partial charge in [-0.3, -0.25) is 4.79 Å². The lowest BCUT2D eigenvalue weighted by Crippen LogP contribution is -2.44. The molecule has 0 unspecified atom stereocenters. The molecule has 1 fully saturated rings. The van der Waals surface area contributed by atoms with Crippen molar-refractivity contribution >= 4 is 12.1 Å². The van der Waals surface area contributed by atoms with Crippen molar-refractivity contribution in [2.75, 3.05) is 0 Å². The lowest BCUT2D eigenvalue weighted by atomic mass is 9.68. The van der Waals surface area contributed by atoms with Gasteiger partial charge in [0.1, 0.15) is 6.61 Å². The molecule has 1 atom stereocenters. The second kappa shape index (κ2) is 9.06. The first-order valence-corrected chi connectivity index (χ1v) is 9.44. The van der Waals surface area contributed by atoms with Gasteiger partial charge in [-0.1, -0.05) is 51.1 Å². The molecule has 1 amide bonds. The first-order chi connectivity index (χ1) is 12.3. The van der Waals surface area contributed by atoms with Crippen molar-refractivity contribution in [2.24, 2.45) is 17.3 Å². The van der Waals surface area contributed by atoms with E-state index < -0.39 is 12.1 Å². The van der Waals surface area contributed by atoms with Gasteiger partial charge in [-0.2, -0.15) is 0 Å². The largest absolute Gasteiger partial charge is 0.481 e. The van der Waals surface area contributed by atoms with Gasteiger partial charge in [0, 0.05) is 6.04 Å². The summed E-state index contributed by atoms with van der Waals surface area (Å²) in [6, 6.07) is 9.07. The summed E-state index contributed by atoms with van der Waals surface area (Å²) >= 11 is 0.